The van der Waals surface area contributed by atoms with Crippen molar-refractivity contribution in [3.8, 4) is 5.75 Å². The summed E-state index contributed by atoms with van der Waals surface area (Å²) in [7, 11) is 1.85. The molecule has 170 valence electrons. The fourth-order valence-electron chi connectivity index (χ4n) is 4.48. The van der Waals surface area contributed by atoms with Crippen molar-refractivity contribution in [1.82, 2.24) is 10.2 Å². The second kappa shape index (κ2) is 9.56. The molecule has 0 spiro atoms. The first-order chi connectivity index (χ1) is 15.5. The minimum atomic E-state index is -0.468. The maximum atomic E-state index is 13.2. The topological polar surface area (TPSA) is 88.0 Å². The van der Waals surface area contributed by atoms with Crippen LogP contribution in [0.1, 0.15) is 41.3 Å². The molecule has 0 unspecified atom stereocenters. The van der Waals surface area contributed by atoms with E-state index in [0.717, 1.165) is 32.4 Å². The molecule has 0 aliphatic carbocycles. The molecule has 2 aliphatic heterocycles. The third kappa shape index (κ3) is 4.55. The number of fused-ring (bicyclic) bond motifs is 2. The van der Waals surface area contributed by atoms with Crippen LogP contribution in [0.2, 0.25) is 0 Å². The number of nitro groups is 1. The number of carbonyl (C=O) groups is 1. The lowest BCUT2D eigenvalue weighted by molar-refractivity contribution is -0.384. The Morgan fingerprint density at radius 2 is 2.06 bits per heavy atom. The van der Waals surface area contributed by atoms with Crippen molar-refractivity contribution in [2.75, 3.05) is 38.2 Å². The van der Waals surface area contributed by atoms with E-state index in [2.05, 4.69) is 41.4 Å². The molecule has 1 atom stereocenters. The summed E-state index contributed by atoms with van der Waals surface area (Å²) in [4.78, 5) is 28.4. The number of non-ortho nitro benzene ring substituents is 1. The van der Waals surface area contributed by atoms with Crippen LogP contribution in [0.5, 0.6) is 5.75 Å². The van der Waals surface area contributed by atoms with Crippen LogP contribution in [-0.2, 0) is 13.0 Å². The zero-order chi connectivity index (χ0) is 22.7. The SMILES string of the molecule is CCCCN1Cc2ccccc2C[C@H]1CNC(=O)c1cc([N+](=O)[O-])cc2c1OCCN2C. The summed E-state index contributed by atoms with van der Waals surface area (Å²) in [5.41, 5.74) is 3.35. The van der Waals surface area contributed by atoms with Gasteiger partial charge in [0.15, 0.2) is 5.75 Å². The lowest BCUT2D eigenvalue weighted by Gasteiger charge is -2.37. The Morgan fingerprint density at radius 1 is 1.28 bits per heavy atom. The summed E-state index contributed by atoms with van der Waals surface area (Å²) in [6, 6.07) is 11.4. The van der Waals surface area contributed by atoms with E-state index in [1.54, 1.807) is 0 Å². The summed E-state index contributed by atoms with van der Waals surface area (Å²) >= 11 is 0. The fourth-order valence-corrected chi connectivity index (χ4v) is 4.48. The van der Waals surface area contributed by atoms with Crippen LogP contribution in [0.15, 0.2) is 36.4 Å². The maximum Gasteiger partial charge on any atom is 0.272 e. The summed E-state index contributed by atoms with van der Waals surface area (Å²) < 4.78 is 5.76. The number of hydrogen-bond donors (Lipinski definition) is 1. The molecule has 0 saturated heterocycles. The number of anilines is 1. The average molecular weight is 439 g/mol. The quantitative estimate of drug-likeness (QED) is 0.527. The van der Waals surface area contributed by atoms with E-state index >= 15 is 0 Å². The number of unbranched alkanes of at least 4 members (excludes halogenated alkanes) is 1. The van der Waals surface area contributed by atoms with Gasteiger partial charge in [-0.3, -0.25) is 19.8 Å². The number of amides is 1. The highest BCUT2D eigenvalue weighted by Crippen LogP contribution is 2.38. The summed E-state index contributed by atoms with van der Waals surface area (Å²) in [6.45, 7) is 5.55. The predicted octanol–water partition coefficient (Wildman–Crippen LogP) is 3.38. The van der Waals surface area contributed by atoms with E-state index in [1.165, 1.54) is 23.3 Å². The number of ether oxygens (including phenoxy) is 1. The molecule has 8 nitrogen and oxygen atoms in total. The van der Waals surface area contributed by atoms with Gasteiger partial charge < -0.3 is 15.0 Å². The molecule has 1 amide bonds. The maximum absolute atomic E-state index is 13.2. The van der Waals surface area contributed by atoms with Crippen molar-refractivity contribution in [3.63, 3.8) is 0 Å². The third-order valence-electron chi connectivity index (χ3n) is 6.35. The molecule has 0 radical (unpaired) electrons. The molecule has 32 heavy (non-hydrogen) atoms. The van der Waals surface area contributed by atoms with E-state index in [9.17, 15) is 14.9 Å². The molecule has 0 aromatic heterocycles. The van der Waals surface area contributed by atoms with Gasteiger partial charge in [-0.15, -0.1) is 0 Å². The summed E-state index contributed by atoms with van der Waals surface area (Å²) in [6.07, 6.45) is 3.08. The van der Waals surface area contributed by atoms with Gasteiger partial charge >= 0.3 is 0 Å². The highest BCUT2D eigenvalue weighted by molar-refractivity contribution is 6.00. The Hall–Kier alpha value is -3.13. The predicted molar refractivity (Wildman–Crippen MR) is 123 cm³/mol. The Kier molecular flexibility index (Phi) is 6.60. The average Bonchev–Trinajstić information content (AvgIpc) is 2.80. The first-order valence-electron chi connectivity index (χ1n) is 11.2. The van der Waals surface area contributed by atoms with Crippen molar-refractivity contribution >= 4 is 17.3 Å². The van der Waals surface area contributed by atoms with Crippen LogP contribution in [0.3, 0.4) is 0 Å². The van der Waals surface area contributed by atoms with E-state index in [4.69, 9.17) is 4.74 Å². The number of nitro benzene ring substituents is 1. The van der Waals surface area contributed by atoms with Crippen molar-refractivity contribution in [3.05, 3.63) is 63.2 Å². The van der Waals surface area contributed by atoms with Crippen LogP contribution in [0, 0.1) is 10.1 Å². The number of rotatable bonds is 7. The zero-order valence-electron chi connectivity index (χ0n) is 18.7. The minimum absolute atomic E-state index is 0.109. The van der Waals surface area contributed by atoms with Crippen LogP contribution < -0.4 is 15.0 Å². The van der Waals surface area contributed by atoms with Crippen molar-refractivity contribution < 1.29 is 14.5 Å². The molecular formula is C24H30N4O4. The van der Waals surface area contributed by atoms with Gasteiger partial charge in [0.1, 0.15) is 6.61 Å². The van der Waals surface area contributed by atoms with Gasteiger partial charge in [0.2, 0.25) is 0 Å². The molecule has 2 aliphatic rings. The van der Waals surface area contributed by atoms with E-state index in [-0.39, 0.29) is 23.2 Å². The number of likely N-dealkylation sites (N-methyl/N-ethyl adjacent to an activating group) is 1. The minimum Gasteiger partial charge on any atom is -0.489 e. The molecule has 1 N–H and O–H groups in total. The molecule has 2 aromatic carbocycles. The van der Waals surface area contributed by atoms with Gasteiger partial charge in [0.05, 0.1) is 22.7 Å². The number of nitrogens with one attached hydrogen (secondary N) is 1. The van der Waals surface area contributed by atoms with Gasteiger partial charge in [-0.05, 0) is 30.5 Å². The lowest BCUT2D eigenvalue weighted by Crippen LogP contribution is -2.47. The van der Waals surface area contributed by atoms with Crippen LogP contribution in [0.25, 0.3) is 0 Å². The molecular weight excluding hydrogens is 408 g/mol. The molecule has 2 heterocycles. The summed E-state index contributed by atoms with van der Waals surface area (Å²) in [5, 5.41) is 14.5. The largest absolute Gasteiger partial charge is 0.489 e. The standard InChI is InChI=1S/C24H30N4O4/c1-3-4-9-27-16-18-8-6-5-7-17(18)12-20(27)15-25-24(29)21-13-19(28(30)31)14-22-23(21)32-11-10-26(22)2/h5-8,13-14,20H,3-4,9-12,15-16H2,1-2H3,(H,25,29)/t20-/m0/s1. The van der Waals surface area contributed by atoms with Gasteiger partial charge in [-0.2, -0.15) is 0 Å². The third-order valence-corrected chi connectivity index (χ3v) is 6.35. The highest BCUT2D eigenvalue weighted by atomic mass is 16.6. The number of nitrogens with zero attached hydrogens (tertiary/aromatic N) is 3. The number of hydrogen-bond acceptors (Lipinski definition) is 6. The highest BCUT2D eigenvalue weighted by Gasteiger charge is 2.29. The zero-order valence-corrected chi connectivity index (χ0v) is 18.7. The number of carbonyl (C=O) groups excluding carboxylic acids is 1. The van der Waals surface area contributed by atoms with Crippen molar-refractivity contribution in [2.45, 2.75) is 38.8 Å². The van der Waals surface area contributed by atoms with E-state index in [0.29, 0.717) is 31.1 Å². The first-order valence-corrected chi connectivity index (χ1v) is 11.2. The molecule has 0 fully saturated rings. The van der Waals surface area contributed by atoms with E-state index < -0.39 is 4.92 Å². The Labute approximate surface area is 188 Å². The fraction of sp³-hybridized carbons (Fsp3) is 0.458. The summed E-state index contributed by atoms with van der Waals surface area (Å²) in [5.74, 6) is 0.0771. The Balaban J connectivity index is 1.54. The van der Waals surface area contributed by atoms with Gasteiger partial charge in [0, 0.05) is 38.3 Å². The second-order valence-electron chi connectivity index (χ2n) is 8.53. The Morgan fingerprint density at radius 3 is 2.81 bits per heavy atom. The molecule has 0 saturated carbocycles. The van der Waals surface area contributed by atoms with Crippen molar-refractivity contribution in [2.24, 2.45) is 0 Å². The molecule has 8 heteroatoms. The van der Waals surface area contributed by atoms with Crippen LogP contribution in [0.4, 0.5) is 11.4 Å². The molecule has 2 aromatic rings. The normalized spacial score (nSPS) is 17.8. The monoisotopic (exact) mass is 438 g/mol. The smallest absolute Gasteiger partial charge is 0.272 e. The lowest BCUT2D eigenvalue weighted by atomic mass is 9.93. The van der Waals surface area contributed by atoms with Gasteiger partial charge in [-0.1, -0.05) is 37.6 Å². The molecule has 4 rings (SSSR count). The molecule has 0 bridgehead atoms. The van der Waals surface area contributed by atoms with Crippen molar-refractivity contribution in [1.29, 1.82) is 0 Å². The van der Waals surface area contributed by atoms with Gasteiger partial charge in [0.25, 0.3) is 11.6 Å². The first kappa shape index (κ1) is 22.1. The van der Waals surface area contributed by atoms with Crippen LogP contribution in [-0.4, -0.2) is 55.1 Å². The second-order valence-corrected chi connectivity index (χ2v) is 8.53. The Bertz CT molecular complexity index is 1010. The number of benzene rings is 2. The van der Waals surface area contributed by atoms with Gasteiger partial charge in [-0.25, -0.2) is 0 Å². The van der Waals surface area contributed by atoms with E-state index in [1.807, 2.05) is 11.9 Å². The van der Waals surface area contributed by atoms with Crippen LogP contribution >= 0.6 is 0 Å².